The number of thioether (sulfide) groups is 1. The second-order valence-electron chi connectivity index (χ2n) is 5.27. The third-order valence-corrected chi connectivity index (χ3v) is 4.70. The Balaban J connectivity index is 1.77. The van der Waals surface area contributed by atoms with E-state index in [0.29, 0.717) is 6.54 Å². The first-order valence-electron chi connectivity index (χ1n) is 7.47. The number of benzene rings is 1. The van der Waals surface area contributed by atoms with Crippen molar-refractivity contribution in [3.05, 3.63) is 66.0 Å². The van der Waals surface area contributed by atoms with E-state index in [2.05, 4.69) is 17.1 Å². The van der Waals surface area contributed by atoms with Crippen LogP contribution in [0.25, 0.3) is 0 Å². The molecule has 116 valence electrons. The molecular weight excluding hydrogens is 292 g/mol. The predicted molar refractivity (Wildman–Crippen MR) is 92.8 cm³/mol. The molecule has 0 saturated carbocycles. The molecule has 1 heterocycles. The minimum atomic E-state index is -0.0334. The van der Waals surface area contributed by atoms with Gasteiger partial charge in [-0.3, -0.25) is 9.78 Å². The van der Waals surface area contributed by atoms with E-state index in [1.165, 1.54) is 5.56 Å². The fraction of sp³-hybridized carbons (Fsp3) is 0.333. The van der Waals surface area contributed by atoms with Crippen molar-refractivity contribution in [1.29, 1.82) is 0 Å². The summed E-state index contributed by atoms with van der Waals surface area (Å²) in [4.78, 5) is 18.5. The molecule has 0 aliphatic rings. The summed E-state index contributed by atoms with van der Waals surface area (Å²) in [6, 6.07) is 16.1. The van der Waals surface area contributed by atoms with E-state index in [9.17, 15) is 4.79 Å². The number of hydrogen-bond donors (Lipinski definition) is 0. The highest BCUT2D eigenvalue weighted by molar-refractivity contribution is 7.99. The van der Waals surface area contributed by atoms with Crippen LogP contribution in [0.5, 0.6) is 0 Å². The van der Waals surface area contributed by atoms with Crippen molar-refractivity contribution in [2.24, 2.45) is 0 Å². The monoisotopic (exact) mass is 314 g/mol. The molecule has 22 heavy (non-hydrogen) atoms. The summed E-state index contributed by atoms with van der Waals surface area (Å²) in [5.74, 6) is 1.04. The highest BCUT2D eigenvalue weighted by Crippen LogP contribution is 2.19. The van der Waals surface area contributed by atoms with E-state index in [4.69, 9.17) is 0 Å². The molecule has 3 nitrogen and oxygen atoms in total. The zero-order valence-corrected chi connectivity index (χ0v) is 13.9. The molecule has 1 aromatic carbocycles. The lowest BCUT2D eigenvalue weighted by Gasteiger charge is -2.21. The lowest BCUT2D eigenvalue weighted by Crippen LogP contribution is -2.34. The van der Waals surface area contributed by atoms with Crippen LogP contribution in [0.15, 0.2) is 54.7 Å². The van der Waals surface area contributed by atoms with Crippen LogP contribution in [0, 0.1) is 0 Å². The zero-order valence-electron chi connectivity index (χ0n) is 13.1. The van der Waals surface area contributed by atoms with Gasteiger partial charge in [0.2, 0.25) is 5.91 Å². The van der Waals surface area contributed by atoms with E-state index >= 15 is 0 Å². The van der Waals surface area contributed by atoms with Gasteiger partial charge >= 0.3 is 0 Å². The van der Waals surface area contributed by atoms with Crippen LogP contribution in [-0.4, -0.2) is 34.6 Å². The summed E-state index contributed by atoms with van der Waals surface area (Å²) in [6.45, 7) is 2.68. The number of likely N-dealkylation sites (N-methyl/N-ethyl adjacent to an activating group) is 1. The number of carbonyl (C=O) groups excluding carboxylic acids is 1. The van der Waals surface area contributed by atoms with Gasteiger partial charge in [-0.1, -0.05) is 36.4 Å². The summed E-state index contributed by atoms with van der Waals surface area (Å²) in [6.07, 6.45) is 2.58. The fourth-order valence-corrected chi connectivity index (χ4v) is 3.07. The molecule has 0 aliphatic carbocycles. The lowest BCUT2D eigenvalue weighted by atomic mass is 10.2. The van der Waals surface area contributed by atoms with Crippen LogP contribution >= 0.6 is 11.8 Å². The Bertz CT molecular complexity index is 523. The highest BCUT2D eigenvalue weighted by Gasteiger charge is 2.17. The average Bonchev–Trinajstić information content (AvgIpc) is 2.58. The van der Waals surface area contributed by atoms with Gasteiger partial charge in [-0.25, -0.2) is 0 Å². The number of aromatic nitrogens is 1. The molecular formula is C18H22N2OS. The van der Waals surface area contributed by atoms with E-state index in [-0.39, 0.29) is 11.2 Å². The molecule has 0 saturated heterocycles. The minimum Gasteiger partial charge on any atom is -0.344 e. The number of amides is 1. The molecule has 1 amide bonds. The zero-order chi connectivity index (χ0) is 15.8. The van der Waals surface area contributed by atoms with Crippen molar-refractivity contribution in [2.75, 3.05) is 13.6 Å². The molecule has 1 unspecified atom stereocenters. The summed E-state index contributed by atoms with van der Waals surface area (Å²) in [5, 5.41) is -0.0334. The normalized spacial score (nSPS) is 11.9. The van der Waals surface area contributed by atoms with Crippen molar-refractivity contribution in [3.63, 3.8) is 0 Å². The standard InChI is InChI=1S/C18H22N2OS/c1-15(22-14-16-8-4-3-5-9-16)18(21)20(2)13-11-17-10-6-7-12-19-17/h3-10,12,15H,11,13-14H2,1-2H3. The molecule has 2 rings (SSSR count). The molecule has 1 atom stereocenters. The van der Waals surface area contributed by atoms with Crippen LogP contribution in [0.1, 0.15) is 18.2 Å². The molecule has 0 fully saturated rings. The SMILES string of the molecule is CC(SCc1ccccc1)C(=O)N(C)CCc1ccccn1. The van der Waals surface area contributed by atoms with E-state index in [1.54, 1.807) is 22.9 Å². The van der Waals surface area contributed by atoms with Crippen LogP contribution in [0.2, 0.25) is 0 Å². The van der Waals surface area contributed by atoms with Gasteiger partial charge in [0.15, 0.2) is 0 Å². The summed E-state index contributed by atoms with van der Waals surface area (Å²) < 4.78 is 0. The van der Waals surface area contributed by atoms with E-state index in [0.717, 1.165) is 17.9 Å². The number of rotatable bonds is 7. The minimum absolute atomic E-state index is 0.0334. The Hall–Kier alpha value is -1.81. The van der Waals surface area contributed by atoms with Gasteiger partial charge in [0.1, 0.15) is 0 Å². The van der Waals surface area contributed by atoms with Gasteiger partial charge in [0, 0.05) is 37.7 Å². The van der Waals surface area contributed by atoms with Crippen LogP contribution in [0.4, 0.5) is 0 Å². The molecule has 0 spiro atoms. The molecule has 2 aromatic rings. The molecule has 1 aromatic heterocycles. The Labute approximate surface area is 136 Å². The average molecular weight is 314 g/mol. The lowest BCUT2D eigenvalue weighted by molar-refractivity contribution is -0.128. The second kappa shape index (κ2) is 8.59. The maximum Gasteiger partial charge on any atom is 0.235 e. The third-order valence-electron chi connectivity index (χ3n) is 3.50. The quantitative estimate of drug-likeness (QED) is 0.785. The second-order valence-corrected chi connectivity index (χ2v) is 6.60. The Morgan fingerprint density at radius 3 is 2.59 bits per heavy atom. The Kier molecular flexibility index (Phi) is 6.46. The molecule has 0 N–H and O–H groups in total. The van der Waals surface area contributed by atoms with Gasteiger partial charge in [-0.05, 0) is 24.6 Å². The summed E-state index contributed by atoms with van der Waals surface area (Å²) in [7, 11) is 1.87. The number of hydrogen-bond acceptors (Lipinski definition) is 3. The first-order valence-corrected chi connectivity index (χ1v) is 8.52. The smallest absolute Gasteiger partial charge is 0.235 e. The highest BCUT2D eigenvalue weighted by atomic mass is 32.2. The molecule has 0 bridgehead atoms. The summed E-state index contributed by atoms with van der Waals surface area (Å²) in [5.41, 5.74) is 2.27. The van der Waals surface area contributed by atoms with Gasteiger partial charge in [-0.2, -0.15) is 0 Å². The molecule has 0 radical (unpaired) electrons. The number of carbonyl (C=O) groups is 1. The van der Waals surface area contributed by atoms with E-state index < -0.39 is 0 Å². The maximum atomic E-state index is 12.4. The fourth-order valence-electron chi connectivity index (χ4n) is 2.12. The van der Waals surface area contributed by atoms with Crippen molar-refractivity contribution in [3.8, 4) is 0 Å². The Morgan fingerprint density at radius 2 is 1.91 bits per heavy atom. The van der Waals surface area contributed by atoms with Crippen molar-refractivity contribution in [2.45, 2.75) is 24.3 Å². The van der Waals surface area contributed by atoms with E-state index in [1.807, 2.05) is 50.4 Å². The van der Waals surface area contributed by atoms with Gasteiger partial charge < -0.3 is 4.90 Å². The topological polar surface area (TPSA) is 33.2 Å². The molecule has 0 aliphatic heterocycles. The largest absolute Gasteiger partial charge is 0.344 e. The Morgan fingerprint density at radius 1 is 1.18 bits per heavy atom. The molecule has 4 heteroatoms. The van der Waals surface area contributed by atoms with Gasteiger partial charge in [0.25, 0.3) is 0 Å². The van der Waals surface area contributed by atoms with Crippen molar-refractivity contribution >= 4 is 17.7 Å². The van der Waals surface area contributed by atoms with Gasteiger partial charge in [0.05, 0.1) is 5.25 Å². The summed E-state index contributed by atoms with van der Waals surface area (Å²) >= 11 is 1.68. The number of pyridine rings is 1. The van der Waals surface area contributed by atoms with Crippen LogP contribution < -0.4 is 0 Å². The van der Waals surface area contributed by atoms with Gasteiger partial charge in [-0.15, -0.1) is 11.8 Å². The van der Waals surface area contributed by atoms with Crippen LogP contribution in [0.3, 0.4) is 0 Å². The number of nitrogens with zero attached hydrogens (tertiary/aromatic N) is 2. The van der Waals surface area contributed by atoms with Crippen LogP contribution in [-0.2, 0) is 17.0 Å². The van der Waals surface area contributed by atoms with Crippen molar-refractivity contribution in [1.82, 2.24) is 9.88 Å². The predicted octanol–water partition coefficient (Wildman–Crippen LogP) is 3.40. The third kappa shape index (κ3) is 5.19. The van der Waals surface area contributed by atoms with Crippen molar-refractivity contribution < 1.29 is 4.79 Å². The first kappa shape index (κ1) is 16.6. The first-order chi connectivity index (χ1) is 10.7. The maximum absolute atomic E-state index is 12.4.